The molecule has 0 radical (unpaired) electrons. The monoisotopic (exact) mass is 263 g/mol. The van der Waals surface area contributed by atoms with Gasteiger partial charge >= 0.3 is 0 Å². The van der Waals surface area contributed by atoms with Gasteiger partial charge in [-0.05, 0) is 57.4 Å². The molecule has 0 saturated carbocycles. The Balaban J connectivity index is 1.73. The Bertz CT molecular complexity index is 367. The van der Waals surface area contributed by atoms with Gasteiger partial charge in [-0.3, -0.25) is 0 Å². The van der Waals surface area contributed by atoms with Crippen LogP contribution >= 0.6 is 0 Å². The molecule has 3 heteroatoms. The maximum Gasteiger partial charge on any atom is 0.118 e. The van der Waals surface area contributed by atoms with Crippen LogP contribution in [0.15, 0.2) is 24.3 Å². The van der Waals surface area contributed by atoms with Crippen LogP contribution in [0, 0.1) is 0 Å². The lowest BCUT2D eigenvalue weighted by atomic mass is 9.99. The van der Waals surface area contributed by atoms with E-state index in [0.29, 0.717) is 18.2 Å². The van der Waals surface area contributed by atoms with Crippen molar-refractivity contribution in [3.63, 3.8) is 0 Å². The summed E-state index contributed by atoms with van der Waals surface area (Å²) in [6.45, 7) is 5.35. The number of methoxy groups -OCH3 is 1. The first-order valence-electron chi connectivity index (χ1n) is 7.19. The van der Waals surface area contributed by atoms with Gasteiger partial charge in [0, 0.05) is 6.04 Å². The van der Waals surface area contributed by atoms with Crippen molar-refractivity contribution in [3.8, 4) is 5.75 Å². The molecule has 2 atom stereocenters. The van der Waals surface area contributed by atoms with E-state index in [1.165, 1.54) is 5.56 Å². The van der Waals surface area contributed by atoms with Crippen LogP contribution in [0.4, 0.5) is 0 Å². The highest BCUT2D eigenvalue weighted by molar-refractivity contribution is 5.27. The predicted octanol–water partition coefficient (Wildman–Crippen LogP) is 2.78. The van der Waals surface area contributed by atoms with E-state index in [0.717, 1.165) is 31.6 Å². The zero-order valence-electron chi connectivity index (χ0n) is 12.2. The summed E-state index contributed by atoms with van der Waals surface area (Å²) in [6, 6.07) is 8.91. The molecule has 2 rings (SSSR count). The fourth-order valence-corrected chi connectivity index (χ4v) is 2.78. The van der Waals surface area contributed by atoms with E-state index in [1.54, 1.807) is 7.11 Å². The van der Waals surface area contributed by atoms with Crippen molar-refractivity contribution in [1.29, 1.82) is 0 Å². The van der Waals surface area contributed by atoms with Crippen LogP contribution in [0.2, 0.25) is 0 Å². The zero-order chi connectivity index (χ0) is 13.7. The minimum absolute atomic E-state index is 0.377. The third-order valence-electron chi connectivity index (χ3n) is 3.70. The summed E-state index contributed by atoms with van der Waals surface area (Å²) in [5.41, 5.74) is 1.35. The van der Waals surface area contributed by atoms with E-state index >= 15 is 0 Å². The van der Waals surface area contributed by atoms with E-state index in [9.17, 15) is 0 Å². The molecular weight excluding hydrogens is 238 g/mol. The summed E-state index contributed by atoms with van der Waals surface area (Å²) in [4.78, 5) is 0. The van der Waals surface area contributed by atoms with E-state index in [1.807, 2.05) is 12.1 Å². The molecule has 0 spiro atoms. The first-order valence-corrected chi connectivity index (χ1v) is 7.19. The summed E-state index contributed by atoms with van der Waals surface area (Å²) >= 11 is 0. The van der Waals surface area contributed by atoms with Crippen molar-refractivity contribution < 1.29 is 9.47 Å². The number of nitrogens with one attached hydrogen (secondary N) is 1. The number of benzene rings is 1. The largest absolute Gasteiger partial charge is 0.497 e. The lowest BCUT2D eigenvalue weighted by Crippen LogP contribution is -2.41. The average molecular weight is 263 g/mol. The molecule has 106 valence electrons. The second-order valence-corrected chi connectivity index (χ2v) is 5.48. The fourth-order valence-electron chi connectivity index (χ4n) is 2.78. The van der Waals surface area contributed by atoms with Gasteiger partial charge in [-0.15, -0.1) is 0 Å². The molecule has 1 saturated heterocycles. The van der Waals surface area contributed by atoms with Crippen molar-refractivity contribution in [2.24, 2.45) is 0 Å². The molecule has 1 fully saturated rings. The Morgan fingerprint density at radius 2 is 1.79 bits per heavy atom. The molecule has 0 aromatic heterocycles. The van der Waals surface area contributed by atoms with Gasteiger partial charge in [-0.25, -0.2) is 0 Å². The van der Waals surface area contributed by atoms with Crippen LogP contribution in [-0.4, -0.2) is 31.9 Å². The molecule has 19 heavy (non-hydrogen) atoms. The van der Waals surface area contributed by atoms with Gasteiger partial charge in [0.15, 0.2) is 0 Å². The van der Waals surface area contributed by atoms with Crippen LogP contribution < -0.4 is 10.1 Å². The van der Waals surface area contributed by atoms with Gasteiger partial charge in [0.25, 0.3) is 0 Å². The minimum Gasteiger partial charge on any atom is -0.497 e. The van der Waals surface area contributed by atoms with E-state index in [4.69, 9.17) is 9.47 Å². The molecule has 1 N–H and O–H groups in total. The van der Waals surface area contributed by atoms with Crippen molar-refractivity contribution >= 4 is 0 Å². The van der Waals surface area contributed by atoms with Gasteiger partial charge in [0.05, 0.1) is 19.3 Å². The molecule has 1 aliphatic rings. The highest BCUT2D eigenvalue weighted by Gasteiger charge is 2.23. The van der Waals surface area contributed by atoms with Gasteiger partial charge < -0.3 is 14.8 Å². The number of hydrogen-bond acceptors (Lipinski definition) is 3. The molecule has 2 unspecified atom stereocenters. The zero-order valence-corrected chi connectivity index (χ0v) is 12.2. The summed E-state index contributed by atoms with van der Waals surface area (Å²) in [6.07, 6.45) is 4.05. The van der Waals surface area contributed by atoms with Gasteiger partial charge in [-0.2, -0.15) is 0 Å². The van der Waals surface area contributed by atoms with Crippen molar-refractivity contribution in [2.45, 2.75) is 51.4 Å². The summed E-state index contributed by atoms with van der Waals surface area (Å²) in [5, 5.41) is 3.65. The first-order chi connectivity index (χ1) is 9.17. The van der Waals surface area contributed by atoms with E-state index in [2.05, 4.69) is 31.3 Å². The smallest absolute Gasteiger partial charge is 0.118 e. The maximum atomic E-state index is 5.75. The van der Waals surface area contributed by atoms with Gasteiger partial charge in [-0.1, -0.05) is 12.1 Å². The van der Waals surface area contributed by atoms with Crippen LogP contribution in [0.1, 0.15) is 32.3 Å². The summed E-state index contributed by atoms with van der Waals surface area (Å²) < 4.78 is 10.9. The van der Waals surface area contributed by atoms with Crippen LogP contribution in [0.25, 0.3) is 0 Å². The van der Waals surface area contributed by atoms with E-state index < -0.39 is 0 Å². The van der Waals surface area contributed by atoms with Crippen molar-refractivity contribution in [2.75, 3.05) is 13.7 Å². The molecule has 0 bridgehead atoms. The highest BCUT2D eigenvalue weighted by atomic mass is 16.5. The maximum absolute atomic E-state index is 5.75. The third kappa shape index (κ3) is 4.51. The fraction of sp³-hybridized carbons (Fsp3) is 0.625. The third-order valence-corrected chi connectivity index (χ3v) is 3.70. The van der Waals surface area contributed by atoms with Crippen LogP contribution in [0.3, 0.4) is 0 Å². The Morgan fingerprint density at radius 3 is 2.37 bits per heavy atom. The molecule has 1 aliphatic heterocycles. The van der Waals surface area contributed by atoms with Crippen LogP contribution in [-0.2, 0) is 11.2 Å². The molecule has 0 amide bonds. The number of rotatable bonds is 5. The average Bonchev–Trinajstić information content (AvgIpc) is 2.38. The SMILES string of the molecule is COc1ccc(CCNC2CC(C)OC(C)C2)cc1. The van der Waals surface area contributed by atoms with Crippen molar-refractivity contribution in [3.05, 3.63) is 29.8 Å². The Labute approximate surface area is 116 Å². The quantitative estimate of drug-likeness (QED) is 0.886. The molecular formula is C16H25NO2. The second kappa shape index (κ2) is 6.92. The number of ether oxygens (including phenoxy) is 2. The molecule has 1 heterocycles. The second-order valence-electron chi connectivity index (χ2n) is 5.48. The van der Waals surface area contributed by atoms with Crippen molar-refractivity contribution in [1.82, 2.24) is 5.32 Å². The Hall–Kier alpha value is -1.06. The lowest BCUT2D eigenvalue weighted by molar-refractivity contribution is -0.0419. The topological polar surface area (TPSA) is 30.5 Å². The normalized spacial score (nSPS) is 27.2. The minimum atomic E-state index is 0.377. The highest BCUT2D eigenvalue weighted by Crippen LogP contribution is 2.19. The molecule has 1 aromatic rings. The Morgan fingerprint density at radius 1 is 1.16 bits per heavy atom. The number of hydrogen-bond donors (Lipinski definition) is 1. The Kier molecular flexibility index (Phi) is 5.23. The first kappa shape index (κ1) is 14.4. The van der Waals surface area contributed by atoms with Gasteiger partial charge in [0.1, 0.15) is 5.75 Å². The molecule has 0 aliphatic carbocycles. The predicted molar refractivity (Wildman–Crippen MR) is 77.7 cm³/mol. The standard InChI is InChI=1S/C16H25NO2/c1-12-10-15(11-13(2)19-12)17-9-8-14-4-6-16(18-3)7-5-14/h4-7,12-13,15,17H,8-11H2,1-3H3. The molecule has 1 aromatic carbocycles. The molecule has 3 nitrogen and oxygen atoms in total. The van der Waals surface area contributed by atoms with Crippen LogP contribution in [0.5, 0.6) is 5.75 Å². The van der Waals surface area contributed by atoms with Gasteiger partial charge in [0.2, 0.25) is 0 Å². The van der Waals surface area contributed by atoms with E-state index in [-0.39, 0.29) is 0 Å². The lowest BCUT2D eigenvalue weighted by Gasteiger charge is -2.32. The summed E-state index contributed by atoms with van der Waals surface area (Å²) in [5.74, 6) is 0.920. The summed E-state index contributed by atoms with van der Waals surface area (Å²) in [7, 11) is 1.70.